The van der Waals surface area contributed by atoms with Gasteiger partial charge in [0.1, 0.15) is 6.04 Å². The summed E-state index contributed by atoms with van der Waals surface area (Å²) in [6, 6.07) is -0.796. The van der Waals surface area contributed by atoms with Crippen molar-refractivity contribution in [3.63, 3.8) is 0 Å². The van der Waals surface area contributed by atoms with Crippen LogP contribution in [-0.4, -0.2) is 82.8 Å². The topological polar surface area (TPSA) is 145 Å². The Morgan fingerprint density at radius 3 is 2.57 bits per heavy atom. The maximum Gasteiger partial charge on any atom is 0.243 e. The van der Waals surface area contributed by atoms with Crippen molar-refractivity contribution in [2.45, 2.75) is 44.4 Å². The Bertz CT molecular complexity index is 600. The molecule has 10 nitrogen and oxygen atoms in total. The summed E-state index contributed by atoms with van der Waals surface area (Å²) in [6.07, 6.45) is 0.704. The highest BCUT2D eigenvalue weighted by atomic mass is 32.2. The van der Waals surface area contributed by atoms with E-state index in [1.807, 2.05) is 6.92 Å². The number of imide groups is 1. The molecule has 1 saturated heterocycles. The lowest BCUT2D eigenvalue weighted by Gasteiger charge is -2.19. The predicted molar refractivity (Wildman–Crippen MR) is 103 cm³/mol. The first-order valence-corrected chi connectivity index (χ1v) is 10.2. The molecule has 0 bridgehead atoms. The highest BCUT2D eigenvalue weighted by molar-refractivity contribution is 8.00. The van der Waals surface area contributed by atoms with Crippen molar-refractivity contribution in [1.82, 2.24) is 20.9 Å². The van der Waals surface area contributed by atoms with Crippen molar-refractivity contribution >= 4 is 41.3 Å². The monoisotopic (exact) mass is 416 g/mol. The number of hydrogen-bond acceptors (Lipinski definition) is 7. The minimum absolute atomic E-state index is 0.00880. The third-order valence-corrected chi connectivity index (χ3v) is 5.20. The molecule has 0 aromatic heterocycles. The first-order chi connectivity index (χ1) is 13.3. The zero-order valence-electron chi connectivity index (χ0n) is 16.2. The molecule has 0 aromatic rings. The van der Waals surface area contributed by atoms with Gasteiger partial charge in [0.2, 0.25) is 29.5 Å². The molecule has 0 saturated carbocycles. The third kappa shape index (κ3) is 7.85. The molecular formula is C17H28N4O6S. The first-order valence-electron chi connectivity index (χ1n) is 9.18. The predicted octanol–water partition coefficient (Wildman–Crippen LogP) is -1.62. The van der Waals surface area contributed by atoms with Crippen LogP contribution in [0.4, 0.5) is 0 Å². The number of aliphatic hydroxyl groups excluding tert-OH is 1. The molecule has 1 heterocycles. The number of thioether (sulfide) groups is 1. The Morgan fingerprint density at radius 1 is 1.25 bits per heavy atom. The SMILES string of the molecule is CCCNC(=O)C(CSC1CC(=O)N(CCC(=O)NCCO)C1=O)NC(C)=O. The molecule has 0 spiro atoms. The van der Waals surface area contributed by atoms with Gasteiger partial charge in [0.05, 0.1) is 11.9 Å². The smallest absolute Gasteiger partial charge is 0.243 e. The van der Waals surface area contributed by atoms with Gasteiger partial charge in [-0.15, -0.1) is 11.8 Å². The van der Waals surface area contributed by atoms with Gasteiger partial charge < -0.3 is 21.1 Å². The van der Waals surface area contributed by atoms with Crippen molar-refractivity contribution in [3.8, 4) is 0 Å². The molecule has 158 valence electrons. The van der Waals surface area contributed by atoms with Gasteiger partial charge in [0.25, 0.3) is 0 Å². The summed E-state index contributed by atoms with van der Waals surface area (Å²) in [6.45, 7) is 3.59. The van der Waals surface area contributed by atoms with Gasteiger partial charge in [-0.05, 0) is 6.42 Å². The van der Waals surface area contributed by atoms with E-state index in [1.54, 1.807) is 0 Å². The van der Waals surface area contributed by atoms with E-state index >= 15 is 0 Å². The Labute approximate surface area is 168 Å². The zero-order chi connectivity index (χ0) is 21.1. The Balaban J connectivity index is 2.57. The lowest BCUT2D eigenvalue weighted by atomic mass is 10.3. The van der Waals surface area contributed by atoms with Crippen LogP contribution in [0.1, 0.15) is 33.1 Å². The summed E-state index contributed by atoms with van der Waals surface area (Å²) < 4.78 is 0. The summed E-state index contributed by atoms with van der Waals surface area (Å²) in [5, 5.41) is 15.7. The first kappa shape index (κ1) is 23.9. The summed E-state index contributed by atoms with van der Waals surface area (Å²) >= 11 is 1.14. The van der Waals surface area contributed by atoms with Crippen LogP contribution in [0.15, 0.2) is 0 Å². The molecular weight excluding hydrogens is 388 g/mol. The molecule has 28 heavy (non-hydrogen) atoms. The van der Waals surface area contributed by atoms with Crippen molar-refractivity contribution in [2.75, 3.05) is 32.0 Å². The highest BCUT2D eigenvalue weighted by Crippen LogP contribution is 2.26. The highest BCUT2D eigenvalue weighted by Gasteiger charge is 2.39. The number of amides is 5. The summed E-state index contributed by atoms with van der Waals surface area (Å²) in [7, 11) is 0. The van der Waals surface area contributed by atoms with E-state index in [0.29, 0.717) is 6.54 Å². The quantitative estimate of drug-likeness (QED) is 0.280. The van der Waals surface area contributed by atoms with E-state index in [0.717, 1.165) is 23.1 Å². The van der Waals surface area contributed by atoms with Gasteiger partial charge in [0.15, 0.2) is 0 Å². The molecule has 1 rings (SSSR count). The molecule has 0 aromatic carbocycles. The number of aliphatic hydroxyl groups is 1. The summed E-state index contributed by atoms with van der Waals surface area (Å²) in [5.74, 6) is -1.67. The maximum atomic E-state index is 12.4. The van der Waals surface area contributed by atoms with E-state index in [2.05, 4.69) is 16.0 Å². The van der Waals surface area contributed by atoms with Crippen LogP contribution in [0.2, 0.25) is 0 Å². The van der Waals surface area contributed by atoms with Crippen LogP contribution in [0.25, 0.3) is 0 Å². The Morgan fingerprint density at radius 2 is 1.96 bits per heavy atom. The van der Waals surface area contributed by atoms with Crippen LogP contribution in [0.3, 0.4) is 0 Å². The number of likely N-dealkylation sites (tertiary alicyclic amines) is 1. The van der Waals surface area contributed by atoms with E-state index in [1.165, 1.54) is 6.92 Å². The second kappa shape index (κ2) is 12.3. The normalized spacial score (nSPS) is 17.4. The van der Waals surface area contributed by atoms with Gasteiger partial charge in [0, 0.05) is 45.2 Å². The fourth-order valence-corrected chi connectivity index (χ4v) is 3.72. The fraction of sp³-hybridized carbons (Fsp3) is 0.706. The van der Waals surface area contributed by atoms with Crippen molar-refractivity contribution < 1.29 is 29.1 Å². The van der Waals surface area contributed by atoms with Crippen LogP contribution >= 0.6 is 11.8 Å². The third-order valence-electron chi connectivity index (χ3n) is 3.91. The average Bonchev–Trinajstić information content (AvgIpc) is 2.92. The van der Waals surface area contributed by atoms with Crippen LogP contribution in [-0.2, 0) is 24.0 Å². The van der Waals surface area contributed by atoms with Crippen LogP contribution in [0.5, 0.6) is 0 Å². The minimum Gasteiger partial charge on any atom is -0.395 e. The van der Waals surface area contributed by atoms with Gasteiger partial charge in [-0.3, -0.25) is 28.9 Å². The molecule has 1 aliphatic rings. The van der Waals surface area contributed by atoms with E-state index < -0.39 is 17.2 Å². The number of carbonyl (C=O) groups is 5. The second-order valence-corrected chi connectivity index (χ2v) is 7.51. The largest absolute Gasteiger partial charge is 0.395 e. The number of nitrogens with zero attached hydrogens (tertiary/aromatic N) is 1. The van der Waals surface area contributed by atoms with Crippen LogP contribution in [0, 0.1) is 0 Å². The standard InChI is InChI=1S/C17H28N4O6S/c1-3-5-19-16(26)12(20-11(2)23)10-28-13-9-15(25)21(17(13)27)7-4-14(24)18-6-8-22/h12-13,22H,3-10H2,1-2H3,(H,18,24)(H,19,26)(H,20,23). The Kier molecular flexibility index (Phi) is 10.5. The molecule has 1 fully saturated rings. The minimum atomic E-state index is -0.796. The maximum absolute atomic E-state index is 12.4. The van der Waals surface area contributed by atoms with E-state index in [4.69, 9.17) is 5.11 Å². The lowest BCUT2D eigenvalue weighted by Crippen LogP contribution is -2.48. The summed E-state index contributed by atoms with van der Waals surface area (Å²) in [4.78, 5) is 60.6. The summed E-state index contributed by atoms with van der Waals surface area (Å²) in [5.41, 5.74) is 0. The number of hydrogen-bond donors (Lipinski definition) is 4. The number of nitrogens with one attached hydrogen (secondary N) is 3. The fourth-order valence-electron chi connectivity index (χ4n) is 2.53. The molecule has 1 aliphatic heterocycles. The van der Waals surface area contributed by atoms with Crippen molar-refractivity contribution in [2.24, 2.45) is 0 Å². The Hall–Kier alpha value is -2.14. The molecule has 0 aliphatic carbocycles. The molecule has 5 amide bonds. The zero-order valence-corrected chi connectivity index (χ0v) is 17.0. The average molecular weight is 417 g/mol. The molecule has 11 heteroatoms. The number of rotatable bonds is 12. The van der Waals surface area contributed by atoms with Crippen molar-refractivity contribution in [1.29, 1.82) is 0 Å². The van der Waals surface area contributed by atoms with Gasteiger partial charge >= 0.3 is 0 Å². The molecule has 4 N–H and O–H groups in total. The molecule has 2 atom stereocenters. The lowest BCUT2D eigenvalue weighted by molar-refractivity contribution is -0.138. The van der Waals surface area contributed by atoms with E-state index in [-0.39, 0.29) is 61.9 Å². The molecule has 0 radical (unpaired) electrons. The molecule has 2 unspecified atom stereocenters. The second-order valence-electron chi connectivity index (χ2n) is 6.28. The van der Waals surface area contributed by atoms with E-state index in [9.17, 15) is 24.0 Å². The van der Waals surface area contributed by atoms with Crippen molar-refractivity contribution in [3.05, 3.63) is 0 Å². The number of carbonyl (C=O) groups excluding carboxylic acids is 5. The van der Waals surface area contributed by atoms with Crippen LogP contribution < -0.4 is 16.0 Å². The van der Waals surface area contributed by atoms with Gasteiger partial charge in [-0.1, -0.05) is 6.92 Å². The van der Waals surface area contributed by atoms with Gasteiger partial charge in [-0.25, -0.2) is 0 Å². The van der Waals surface area contributed by atoms with Gasteiger partial charge in [-0.2, -0.15) is 0 Å².